The zero-order valence-electron chi connectivity index (χ0n) is 13.9. The van der Waals surface area contributed by atoms with E-state index in [1.165, 1.54) is 0 Å². The third-order valence-electron chi connectivity index (χ3n) is 3.68. The van der Waals surface area contributed by atoms with Gasteiger partial charge in [-0.05, 0) is 36.8 Å². The Bertz CT molecular complexity index is 984. The standard InChI is InChI=1S/C18H16Cl2N4O2/c1-2-8-21-18(26)16-23-15(14-5-3-4-9-24(14)16)17(25)22-13-10-11(19)6-7-12(13)20/h3-7,9-10H,2,8H2,1H3,(H,21,26)(H,22,25). The molecule has 0 aliphatic rings. The van der Waals surface area contributed by atoms with Gasteiger partial charge in [-0.1, -0.05) is 36.2 Å². The summed E-state index contributed by atoms with van der Waals surface area (Å²) in [6, 6.07) is 10.0. The maximum absolute atomic E-state index is 12.7. The van der Waals surface area contributed by atoms with E-state index in [4.69, 9.17) is 23.2 Å². The third-order valence-corrected chi connectivity index (χ3v) is 4.24. The van der Waals surface area contributed by atoms with Gasteiger partial charge in [0.05, 0.1) is 16.2 Å². The van der Waals surface area contributed by atoms with Crippen molar-refractivity contribution in [1.29, 1.82) is 0 Å². The number of anilines is 1. The summed E-state index contributed by atoms with van der Waals surface area (Å²) in [7, 11) is 0. The van der Waals surface area contributed by atoms with Crippen LogP contribution in [0, 0.1) is 0 Å². The molecule has 26 heavy (non-hydrogen) atoms. The summed E-state index contributed by atoms with van der Waals surface area (Å²) in [5, 5.41) is 6.26. The molecule has 2 amide bonds. The molecule has 0 aliphatic carbocycles. The van der Waals surface area contributed by atoms with Crippen LogP contribution in [0.3, 0.4) is 0 Å². The van der Waals surface area contributed by atoms with Gasteiger partial charge in [-0.15, -0.1) is 0 Å². The lowest BCUT2D eigenvalue weighted by Crippen LogP contribution is -2.26. The Morgan fingerprint density at radius 2 is 1.96 bits per heavy atom. The molecule has 2 heterocycles. The molecule has 0 saturated heterocycles. The summed E-state index contributed by atoms with van der Waals surface area (Å²) in [5.74, 6) is -0.670. The van der Waals surface area contributed by atoms with E-state index < -0.39 is 5.91 Å². The Morgan fingerprint density at radius 1 is 1.15 bits per heavy atom. The zero-order chi connectivity index (χ0) is 18.7. The number of carbonyl (C=O) groups excluding carboxylic acids is 2. The number of fused-ring (bicyclic) bond motifs is 1. The highest BCUT2D eigenvalue weighted by atomic mass is 35.5. The van der Waals surface area contributed by atoms with Crippen molar-refractivity contribution in [2.75, 3.05) is 11.9 Å². The molecule has 134 valence electrons. The topological polar surface area (TPSA) is 75.5 Å². The van der Waals surface area contributed by atoms with Crippen molar-refractivity contribution in [2.24, 2.45) is 0 Å². The first-order valence-corrected chi connectivity index (χ1v) is 8.78. The molecule has 6 nitrogen and oxygen atoms in total. The van der Waals surface area contributed by atoms with Gasteiger partial charge in [-0.3, -0.25) is 14.0 Å². The van der Waals surface area contributed by atoms with Crippen molar-refractivity contribution in [1.82, 2.24) is 14.7 Å². The molecule has 3 rings (SSSR count). The number of nitrogens with zero attached hydrogens (tertiary/aromatic N) is 2. The minimum atomic E-state index is -0.479. The fourth-order valence-corrected chi connectivity index (χ4v) is 2.79. The summed E-state index contributed by atoms with van der Waals surface area (Å²) in [4.78, 5) is 29.3. The van der Waals surface area contributed by atoms with Gasteiger partial charge in [0.15, 0.2) is 5.69 Å². The first-order valence-electron chi connectivity index (χ1n) is 8.03. The number of amides is 2. The summed E-state index contributed by atoms with van der Waals surface area (Å²) >= 11 is 12.0. The van der Waals surface area contributed by atoms with Crippen LogP contribution in [0.2, 0.25) is 10.0 Å². The number of hydrogen-bond acceptors (Lipinski definition) is 3. The molecule has 2 N–H and O–H groups in total. The van der Waals surface area contributed by atoms with Crippen LogP contribution in [-0.4, -0.2) is 27.7 Å². The van der Waals surface area contributed by atoms with Gasteiger partial charge in [0.1, 0.15) is 0 Å². The third kappa shape index (κ3) is 3.66. The fraction of sp³-hybridized carbons (Fsp3) is 0.167. The van der Waals surface area contributed by atoms with Gasteiger partial charge in [0.25, 0.3) is 11.8 Å². The van der Waals surface area contributed by atoms with Crippen LogP contribution in [0.5, 0.6) is 0 Å². The molecular formula is C18H16Cl2N4O2. The average Bonchev–Trinajstić information content (AvgIpc) is 3.02. The molecule has 0 radical (unpaired) electrons. The van der Waals surface area contributed by atoms with Crippen LogP contribution in [0.15, 0.2) is 42.6 Å². The molecule has 3 aromatic rings. The van der Waals surface area contributed by atoms with E-state index in [1.807, 2.05) is 6.92 Å². The van der Waals surface area contributed by atoms with Crippen LogP contribution >= 0.6 is 23.2 Å². The molecular weight excluding hydrogens is 375 g/mol. The van der Waals surface area contributed by atoms with Gasteiger partial charge >= 0.3 is 0 Å². The van der Waals surface area contributed by atoms with E-state index >= 15 is 0 Å². The lowest BCUT2D eigenvalue weighted by Gasteiger charge is -2.06. The van der Waals surface area contributed by atoms with Crippen LogP contribution in [0.1, 0.15) is 34.5 Å². The van der Waals surface area contributed by atoms with Crippen molar-refractivity contribution < 1.29 is 9.59 Å². The second-order valence-corrected chi connectivity index (χ2v) is 6.42. The predicted octanol–water partition coefficient (Wildman–Crippen LogP) is 4.03. The molecule has 0 fully saturated rings. The summed E-state index contributed by atoms with van der Waals surface area (Å²) < 4.78 is 1.58. The van der Waals surface area contributed by atoms with E-state index in [0.29, 0.717) is 27.8 Å². The summed E-state index contributed by atoms with van der Waals surface area (Å²) in [6.07, 6.45) is 2.49. The van der Waals surface area contributed by atoms with Crippen molar-refractivity contribution in [3.8, 4) is 0 Å². The summed E-state index contributed by atoms with van der Waals surface area (Å²) in [6.45, 7) is 2.48. The van der Waals surface area contributed by atoms with Crippen LogP contribution < -0.4 is 10.6 Å². The molecule has 8 heteroatoms. The summed E-state index contributed by atoms with van der Waals surface area (Å²) in [5.41, 5.74) is 1.02. The lowest BCUT2D eigenvalue weighted by molar-refractivity contribution is 0.0942. The van der Waals surface area contributed by atoms with E-state index in [0.717, 1.165) is 6.42 Å². The van der Waals surface area contributed by atoms with Gasteiger partial charge in [-0.2, -0.15) is 0 Å². The number of halogens is 2. The van der Waals surface area contributed by atoms with Crippen LogP contribution in [0.4, 0.5) is 5.69 Å². The molecule has 0 spiro atoms. The molecule has 0 aliphatic heterocycles. The second kappa shape index (κ2) is 7.76. The largest absolute Gasteiger partial charge is 0.349 e. The van der Waals surface area contributed by atoms with E-state index in [2.05, 4.69) is 15.6 Å². The van der Waals surface area contributed by atoms with Gasteiger partial charge in [0, 0.05) is 17.8 Å². The Morgan fingerprint density at radius 3 is 2.73 bits per heavy atom. The van der Waals surface area contributed by atoms with Crippen LogP contribution in [-0.2, 0) is 0 Å². The van der Waals surface area contributed by atoms with Crippen molar-refractivity contribution in [2.45, 2.75) is 13.3 Å². The quantitative estimate of drug-likeness (QED) is 0.690. The molecule has 0 atom stereocenters. The first kappa shape index (κ1) is 18.2. The number of imidazole rings is 1. The zero-order valence-corrected chi connectivity index (χ0v) is 15.4. The molecule has 1 aromatic carbocycles. The number of nitrogens with one attached hydrogen (secondary N) is 2. The monoisotopic (exact) mass is 390 g/mol. The van der Waals surface area contributed by atoms with Gasteiger partial charge in [0.2, 0.25) is 5.82 Å². The maximum Gasteiger partial charge on any atom is 0.287 e. The average molecular weight is 391 g/mol. The highest BCUT2D eigenvalue weighted by molar-refractivity contribution is 6.36. The highest BCUT2D eigenvalue weighted by Gasteiger charge is 2.21. The first-order chi connectivity index (χ1) is 12.5. The van der Waals surface area contributed by atoms with Crippen molar-refractivity contribution in [3.63, 3.8) is 0 Å². The molecule has 2 aromatic heterocycles. The predicted molar refractivity (Wildman–Crippen MR) is 102 cm³/mol. The van der Waals surface area contributed by atoms with Gasteiger partial charge in [-0.25, -0.2) is 4.98 Å². The number of rotatable bonds is 5. The number of aromatic nitrogens is 2. The second-order valence-electron chi connectivity index (χ2n) is 5.57. The maximum atomic E-state index is 12.7. The molecule has 0 bridgehead atoms. The fourth-order valence-electron chi connectivity index (χ4n) is 2.46. The van der Waals surface area contributed by atoms with Crippen LogP contribution in [0.25, 0.3) is 5.52 Å². The number of hydrogen-bond donors (Lipinski definition) is 2. The lowest BCUT2D eigenvalue weighted by atomic mass is 10.3. The smallest absolute Gasteiger partial charge is 0.287 e. The Balaban J connectivity index is 1.98. The van der Waals surface area contributed by atoms with E-state index in [9.17, 15) is 9.59 Å². The normalized spacial score (nSPS) is 10.7. The minimum Gasteiger partial charge on any atom is -0.349 e. The molecule has 0 unspecified atom stereocenters. The number of pyridine rings is 1. The Kier molecular flexibility index (Phi) is 5.44. The molecule has 0 saturated carbocycles. The highest BCUT2D eigenvalue weighted by Crippen LogP contribution is 2.26. The SMILES string of the molecule is CCCNC(=O)c1nc(C(=O)Nc2cc(Cl)ccc2Cl)c2ccccn12. The number of benzene rings is 1. The Hall–Kier alpha value is -2.57. The minimum absolute atomic E-state index is 0.128. The van der Waals surface area contributed by atoms with Crippen molar-refractivity contribution >= 4 is 46.2 Å². The van der Waals surface area contributed by atoms with E-state index in [1.54, 1.807) is 47.0 Å². The van der Waals surface area contributed by atoms with E-state index in [-0.39, 0.29) is 17.4 Å². The van der Waals surface area contributed by atoms with Crippen molar-refractivity contribution in [3.05, 3.63) is 64.2 Å². The Labute approximate surface area is 160 Å². The number of carbonyl (C=O) groups is 2. The van der Waals surface area contributed by atoms with Gasteiger partial charge < -0.3 is 10.6 Å².